The molecule has 114 valence electrons. The molecule has 0 aromatic heterocycles. The van der Waals surface area contributed by atoms with Crippen LogP contribution in [0.4, 0.5) is 5.69 Å². The molecule has 0 unspecified atom stereocenters. The van der Waals surface area contributed by atoms with Crippen LogP contribution in [0, 0.1) is 6.92 Å². The second-order valence-electron chi connectivity index (χ2n) is 6.41. The van der Waals surface area contributed by atoms with Gasteiger partial charge in [-0.2, -0.15) is 0 Å². The van der Waals surface area contributed by atoms with Gasteiger partial charge in [0.1, 0.15) is 0 Å². The summed E-state index contributed by atoms with van der Waals surface area (Å²) in [5, 5.41) is 0. The van der Waals surface area contributed by atoms with Gasteiger partial charge in [-0.05, 0) is 55.9 Å². The second-order valence-corrected chi connectivity index (χ2v) is 6.41. The fraction of sp³-hybridized carbons (Fsp3) is 0.611. The molecule has 2 aliphatic rings. The fourth-order valence-corrected chi connectivity index (χ4v) is 3.55. The van der Waals surface area contributed by atoms with Crippen LogP contribution < -0.4 is 0 Å². The summed E-state index contributed by atoms with van der Waals surface area (Å²) in [6, 6.07) is 4.62. The Morgan fingerprint density at radius 1 is 1.33 bits per heavy atom. The van der Waals surface area contributed by atoms with Crippen LogP contribution in [-0.4, -0.2) is 31.4 Å². The number of aliphatic imine (C=N–C) groups is 1. The zero-order valence-corrected chi connectivity index (χ0v) is 13.5. The SMILES string of the molecule is CCN(C)C=Nc1cc2c(cc1C)C1(CCCC1)OCC2. The maximum absolute atomic E-state index is 6.22. The van der Waals surface area contributed by atoms with E-state index in [4.69, 9.17) is 4.74 Å². The lowest BCUT2D eigenvalue weighted by atomic mass is 9.83. The van der Waals surface area contributed by atoms with Crippen molar-refractivity contribution < 1.29 is 4.74 Å². The van der Waals surface area contributed by atoms with Gasteiger partial charge in [-0.1, -0.05) is 18.9 Å². The first-order valence-corrected chi connectivity index (χ1v) is 8.17. The first-order valence-electron chi connectivity index (χ1n) is 8.17. The largest absolute Gasteiger partial charge is 0.370 e. The molecule has 0 bridgehead atoms. The van der Waals surface area contributed by atoms with Crippen LogP contribution in [0.1, 0.15) is 49.3 Å². The zero-order chi connectivity index (χ0) is 14.9. The molecule has 1 aromatic rings. The van der Waals surface area contributed by atoms with Crippen molar-refractivity contribution in [3.63, 3.8) is 0 Å². The van der Waals surface area contributed by atoms with Gasteiger partial charge in [0.25, 0.3) is 0 Å². The van der Waals surface area contributed by atoms with Crippen molar-refractivity contribution in [3.05, 3.63) is 28.8 Å². The average molecular weight is 286 g/mol. The van der Waals surface area contributed by atoms with Crippen molar-refractivity contribution >= 4 is 12.0 Å². The lowest BCUT2D eigenvalue weighted by molar-refractivity contribution is -0.0553. The highest BCUT2D eigenvalue weighted by atomic mass is 16.5. The van der Waals surface area contributed by atoms with Gasteiger partial charge in [-0.15, -0.1) is 0 Å². The van der Waals surface area contributed by atoms with Gasteiger partial charge in [-0.25, -0.2) is 4.99 Å². The summed E-state index contributed by atoms with van der Waals surface area (Å²) in [7, 11) is 2.05. The van der Waals surface area contributed by atoms with Crippen LogP contribution in [-0.2, 0) is 16.8 Å². The van der Waals surface area contributed by atoms with Crippen molar-refractivity contribution in [2.75, 3.05) is 20.2 Å². The Hall–Kier alpha value is -1.35. The molecule has 1 saturated carbocycles. The minimum atomic E-state index is 0.0147. The highest BCUT2D eigenvalue weighted by Gasteiger charge is 2.40. The number of benzene rings is 1. The summed E-state index contributed by atoms with van der Waals surface area (Å²) in [6.07, 6.45) is 7.89. The lowest BCUT2D eigenvalue weighted by Crippen LogP contribution is -2.32. The number of hydrogen-bond acceptors (Lipinski definition) is 2. The van der Waals surface area contributed by atoms with Gasteiger partial charge < -0.3 is 9.64 Å². The molecule has 1 spiro atoms. The van der Waals surface area contributed by atoms with Crippen LogP contribution in [0.25, 0.3) is 0 Å². The summed E-state index contributed by atoms with van der Waals surface area (Å²) in [4.78, 5) is 6.76. The molecule has 0 amide bonds. The van der Waals surface area contributed by atoms with E-state index in [9.17, 15) is 0 Å². The third-order valence-electron chi connectivity index (χ3n) is 4.97. The van der Waals surface area contributed by atoms with Gasteiger partial charge >= 0.3 is 0 Å². The van der Waals surface area contributed by atoms with Gasteiger partial charge in [0, 0.05) is 13.6 Å². The predicted molar refractivity (Wildman–Crippen MR) is 87.4 cm³/mol. The third kappa shape index (κ3) is 2.71. The van der Waals surface area contributed by atoms with Crippen molar-refractivity contribution in [2.24, 2.45) is 4.99 Å². The van der Waals surface area contributed by atoms with Gasteiger partial charge in [-0.3, -0.25) is 0 Å². The van der Waals surface area contributed by atoms with E-state index >= 15 is 0 Å². The van der Waals surface area contributed by atoms with E-state index in [1.54, 1.807) is 0 Å². The summed E-state index contributed by atoms with van der Waals surface area (Å²) >= 11 is 0. The number of fused-ring (bicyclic) bond motifs is 2. The molecule has 0 atom stereocenters. The predicted octanol–water partition coefficient (Wildman–Crippen LogP) is 3.95. The number of aryl methyl sites for hydroxylation is 1. The molecule has 0 radical (unpaired) electrons. The summed E-state index contributed by atoms with van der Waals surface area (Å²) in [5.74, 6) is 0. The van der Waals surface area contributed by atoms with Crippen molar-refractivity contribution in [3.8, 4) is 0 Å². The molecule has 0 N–H and O–H groups in total. The monoisotopic (exact) mass is 286 g/mol. The molecule has 0 saturated heterocycles. The summed E-state index contributed by atoms with van der Waals surface area (Å²) in [6.45, 7) is 6.13. The van der Waals surface area contributed by atoms with Gasteiger partial charge in [0.15, 0.2) is 0 Å². The Morgan fingerprint density at radius 3 is 2.81 bits per heavy atom. The maximum atomic E-state index is 6.22. The van der Waals surface area contributed by atoms with E-state index in [1.165, 1.54) is 42.4 Å². The van der Waals surface area contributed by atoms with Crippen LogP contribution in [0.2, 0.25) is 0 Å². The van der Waals surface area contributed by atoms with Crippen LogP contribution in [0.15, 0.2) is 17.1 Å². The standard InChI is InChI=1S/C18H26N2O/c1-4-20(3)13-19-17-12-15-7-10-21-18(8-5-6-9-18)16(15)11-14(17)2/h11-13H,4-10H2,1-3H3. The maximum Gasteiger partial charge on any atom is 0.0934 e. The van der Waals surface area contributed by atoms with Gasteiger partial charge in [0.05, 0.1) is 24.2 Å². The van der Waals surface area contributed by atoms with Gasteiger partial charge in [0.2, 0.25) is 0 Å². The fourth-order valence-electron chi connectivity index (χ4n) is 3.55. The second kappa shape index (κ2) is 5.80. The molecule has 1 fully saturated rings. The first-order chi connectivity index (χ1) is 10.1. The molecule has 3 nitrogen and oxygen atoms in total. The van der Waals surface area contributed by atoms with E-state index < -0.39 is 0 Å². The highest BCUT2D eigenvalue weighted by molar-refractivity contribution is 5.64. The van der Waals surface area contributed by atoms with E-state index in [0.717, 1.165) is 25.3 Å². The molecule has 1 aliphatic heterocycles. The topological polar surface area (TPSA) is 24.8 Å². The van der Waals surface area contributed by atoms with E-state index in [0.29, 0.717) is 0 Å². The zero-order valence-electron chi connectivity index (χ0n) is 13.5. The Balaban J connectivity index is 1.96. The van der Waals surface area contributed by atoms with E-state index in [2.05, 4.69) is 42.9 Å². The van der Waals surface area contributed by atoms with Crippen molar-refractivity contribution in [2.45, 2.75) is 51.6 Å². The normalized spacial score (nSPS) is 20.1. The minimum absolute atomic E-state index is 0.0147. The molecule has 1 aromatic carbocycles. The Kier molecular flexibility index (Phi) is 4.03. The number of rotatable bonds is 3. The Labute approximate surface area is 128 Å². The molecule has 21 heavy (non-hydrogen) atoms. The van der Waals surface area contributed by atoms with Crippen LogP contribution >= 0.6 is 0 Å². The Morgan fingerprint density at radius 2 is 2.10 bits per heavy atom. The first kappa shape index (κ1) is 14.6. The number of hydrogen-bond donors (Lipinski definition) is 0. The molecule has 3 rings (SSSR count). The highest BCUT2D eigenvalue weighted by Crippen LogP contribution is 2.47. The smallest absolute Gasteiger partial charge is 0.0934 e. The minimum Gasteiger partial charge on any atom is -0.370 e. The summed E-state index contributed by atoms with van der Waals surface area (Å²) < 4.78 is 6.22. The van der Waals surface area contributed by atoms with Crippen molar-refractivity contribution in [1.82, 2.24) is 4.90 Å². The summed E-state index contributed by atoms with van der Waals surface area (Å²) in [5.41, 5.74) is 5.25. The number of nitrogens with zero attached hydrogens (tertiary/aromatic N) is 2. The van der Waals surface area contributed by atoms with E-state index in [-0.39, 0.29) is 5.60 Å². The molecular weight excluding hydrogens is 260 g/mol. The van der Waals surface area contributed by atoms with Crippen molar-refractivity contribution in [1.29, 1.82) is 0 Å². The molecule has 1 heterocycles. The lowest BCUT2D eigenvalue weighted by Gasteiger charge is -2.36. The average Bonchev–Trinajstić information content (AvgIpc) is 2.95. The molecular formula is C18H26N2O. The van der Waals surface area contributed by atoms with Crippen LogP contribution in [0.5, 0.6) is 0 Å². The van der Waals surface area contributed by atoms with Crippen LogP contribution in [0.3, 0.4) is 0 Å². The molecule has 3 heteroatoms. The Bertz CT molecular complexity index is 544. The quantitative estimate of drug-likeness (QED) is 0.621. The molecule has 1 aliphatic carbocycles. The number of ether oxygens (including phenoxy) is 1. The third-order valence-corrected chi connectivity index (χ3v) is 4.97. The van der Waals surface area contributed by atoms with E-state index in [1.807, 2.05) is 6.34 Å².